The maximum absolute atomic E-state index is 10.9. The van der Waals surface area contributed by atoms with Crippen molar-refractivity contribution < 1.29 is 4.79 Å². The molecular weight excluding hydrogens is 128 g/mol. The van der Waals surface area contributed by atoms with Crippen LogP contribution in [0, 0.1) is 5.41 Å². The number of carbonyl (C=O) groups is 1. The molecule has 0 aromatic rings. The summed E-state index contributed by atoms with van der Waals surface area (Å²) in [4.78, 5) is 10.9. The van der Waals surface area contributed by atoms with Gasteiger partial charge in [0, 0.05) is 12.0 Å². The van der Waals surface area contributed by atoms with Crippen LogP contribution in [-0.2, 0) is 4.79 Å². The number of amides is 1. The topological polar surface area (TPSA) is 53.0 Å². The largest absolute Gasteiger partial charge is 0.311 e. The summed E-state index contributed by atoms with van der Waals surface area (Å²) in [6.45, 7) is 3.65. The molecule has 0 unspecified atom stereocenters. The highest BCUT2D eigenvalue weighted by atomic mass is 16.1. The van der Waals surface area contributed by atoms with Gasteiger partial charge >= 0.3 is 0 Å². The third-order valence-corrected chi connectivity index (χ3v) is 1.69. The molecule has 0 atom stereocenters. The zero-order chi connectivity index (χ0) is 7.72. The van der Waals surface area contributed by atoms with Gasteiger partial charge in [-0.05, 0) is 13.8 Å². The molecule has 1 amide bonds. The third kappa shape index (κ3) is 1.07. The van der Waals surface area contributed by atoms with Gasteiger partial charge in [0.25, 0.3) is 5.91 Å². The van der Waals surface area contributed by atoms with E-state index in [9.17, 15) is 4.79 Å². The van der Waals surface area contributed by atoms with Crippen molar-refractivity contribution >= 4 is 11.7 Å². The number of hydrogen-bond donors (Lipinski definition) is 2. The van der Waals surface area contributed by atoms with Crippen LogP contribution in [-0.4, -0.2) is 11.7 Å². The summed E-state index contributed by atoms with van der Waals surface area (Å²) < 4.78 is 0. The Balaban J connectivity index is 2.95. The van der Waals surface area contributed by atoms with Gasteiger partial charge in [0.1, 0.15) is 5.84 Å². The number of amidine groups is 1. The summed E-state index contributed by atoms with van der Waals surface area (Å²) in [5.41, 5.74) is 1.74. The molecule has 1 aliphatic rings. The van der Waals surface area contributed by atoms with Crippen LogP contribution in [0.2, 0.25) is 0 Å². The van der Waals surface area contributed by atoms with Gasteiger partial charge in [-0.25, -0.2) is 0 Å². The van der Waals surface area contributed by atoms with Crippen LogP contribution in [0.15, 0.2) is 11.1 Å². The van der Waals surface area contributed by atoms with Crippen molar-refractivity contribution in [1.82, 2.24) is 5.32 Å². The fraction of sp³-hybridized carbons (Fsp3) is 0.429. The molecule has 0 spiro atoms. The molecule has 0 aromatic carbocycles. The van der Waals surface area contributed by atoms with Gasteiger partial charge in [-0.15, -0.1) is 0 Å². The van der Waals surface area contributed by atoms with Crippen molar-refractivity contribution in [2.45, 2.75) is 20.3 Å². The Bertz CT molecular complexity index is 228. The van der Waals surface area contributed by atoms with Gasteiger partial charge in [-0.3, -0.25) is 10.2 Å². The van der Waals surface area contributed by atoms with Crippen LogP contribution in [0.25, 0.3) is 0 Å². The molecule has 0 fully saturated rings. The molecule has 0 radical (unpaired) electrons. The molecule has 3 nitrogen and oxygen atoms in total. The summed E-state index contributed by atoms with van der Waals surface area (Å²) in [7, 11) is 0. The maximum Gasteiger partial charge on any atom is 0.252 e. The van der Waals surface area contributed by atoms with Crippen LogP contribution >= 0.6 is 0 Å². The number of hydrogen-bond acceptors (Lipinski definition) is 2. The molecule has 0 aliphatic carbocycles. The number of nitrogens with one attached hydrogen (secondary N) is 2. The van der Waals surface area contributed by atoms with Gasteiger partial charge in [0.15, 0.2) is 0 Å². The van der Waals surface area contributed by atoms with E-state index in [0.717, 1.165) is 11.1 Å². The summed E-state index contributed by atoms with van der Waals surface area (Å²) in [5, 5.41) is 9.62. The standard InChI is InChI=1S/C7H10N2O/c1-4-3-6(8)9-7(10)5(4)2/h3H2,1-2H3,(H2,8,9,10). The smallest absolute Gasteiger partial charge is 0.252 e. The summed E-state index contributed by atoms with van der Waals surface area (Å²) in [5.74, 6) is 0.168. The highest BCUT2D eigenvalue weighted by molar-refractivity contribution is 6.08. The van der Waals surface area contributed by atoms with E-state index in [2.05, 4.69) is 5.32 Å². The van der Waals surface area contributed by atoms with Crippen LogP contribution < -0.4 is 5.32 Å². The van der Waals surface area contributed by atoms with E-state index in [0.29, 0.717) is 12.3 Å². The lowest BCUT2D eigenvalue weighted by atomic mass is 10.0. The van der Waals surface area contributed by atoms with E-state index in [4.69, 9.17) is 5.41 Å². The monoisotopic (exact) mass is 138 g/mol. The quantitative estimate of drug-likeness (QED) is 0.511. The van der Waals surface area contributed by atoms with Gasteiger partial charge in [0.2, 0.25) is 0 Å². The van der Waals surface area contributed by atoms with Crippen LogP contribution in [0.5, 0.6) is 0 Å². The Hall–Kier alpha value is -1.12. The van der Waals surface area contributed by atoms with Crippen molar-refractivity contribution in [3.05, 3.63) is 11.1 Å². The van der Waals surface area contributed by atoms with Gasteiger partial charge < -0.3 is 5.32 Å². The van der Waals surface area contributed by atoms with E-state index in [1.807, 2.05) is 6.92 Å². The molecule has 1 heterocycles. The Labute approximate surface area is 59.6 Å². The van der Waals surface area contributed by atoms with Crippen molar-refractivity contribution in [2.24, 2.45) is 0 Å². The number of carbonyl (C=O) groups excluding carboxylic acids is 1. The minimum Gasteiger partial charge on any atom is -0.311 e. The van der Waals surface area contributed by atoms with E-state index >= 15 is 0 Å². The molecule has 0 saturated carbocycles. The predicted molar refractivity (Wildman–Crippen MR) is 38.9 cm³/mol. The minimum absolute atomic E-state index is 0.131. The SMILES string of the molecule is CC1=C(C)C(=O)NC(=N)C1. The fourth-order valence-electron chi connectivity index (χ4n) is 0.867. The van der Waals surface area contributed by atoms with E-state index in [-0.39, 0.29) is 5.91 Å². The van der Waals surface area contributed by atoms with Crippen molar-refractivity contribution in [2.75, 3.05) is 0 Å². The average molecular weight is 138 g/mol. The first-order valence-corrected chi connectivity index (χ1v) is 3.16. The average Bonchev–Trinajstić information content (AvgIpc) is 1.82. The van der Waals surface area contributed by atoms with Crippen molar-refractivity contribution in [3.63, 3.8) is 0 Å². The van der Waals surface area contributed by atoms with Crippen molar-refractivity contribution in [3.8, 4) is 0 Å². The van der Waals surface area contributed by atoms with E-state index in [1.165, 1.54) is 0 Å². The predicted octanol–water partition coefficient (Wildman–Crippen LogP) is 0.820. The second kappa shape index (κ2) is 2.25. The molecule has 54 valence electrons. The summed E-state index contributed by atoms with van der Waals surface area (Å²) in [6, 6.07) is 0. The van der Waals surface area contributed by atoms with E-state index in [1.54, 1.807) is 6.92 Å². The molecule has 1 rings (SSSR count). The summed E-state index contributed by atoms with van der Waals surface area (Å²) >= 11 is 0. The highest BCUT2D eigenvalue weighted by Gasteiger charge is 2.15. The molecule has 10 heavy (non-hydrogen) atoms. The third-order valence-electron chi connectivity index (χ3n) is 1.69. The lowest BCUT2D eigenvalue weighted by molar-refractivity contribution is -0.116. The first-order valence-electron chi connectivity index (χ1n) is 3.16. The molecule has 0 saturated heterocycles. The summed E-state index contributed by atoms with van der Waals surface area (Å²) in [6.07, 6.45) is 0.581. The molecular formula is C7H10N2O. The molecule has 0 bridgehead atoms. The maximum atomic E-state index is 10.9. The Morgan fingerprint density at radius 2 is 2.10 bits per heavy atom. The minimum atomic E-state index is -0.131. The Morgan fingerprint density at radius 3 is 2.60 bits per heavy atom. The Morgan fingerprint density at radius 1 is 1.50 bits per heavy atom. The second-order valence-corrected chi connectivity index (χ2v) is 2.51. The number of rotatable bonds is 0. The second-order valence-electron chi connectivity index (χ2n) is 2.51. The molecule has 0 aromatic heterocycles. The van der Waals surface area contributed by atoms with Gasteiger partial charge in [0.05, 0.1) is 0 Å². The zero-order valence-corrected chi connectivity index (χ0v) is 6.12. The first-order chi connectivity index (χ1) is 4.61. The Kier molecular flexibility index (Phi) is 1.57. The molecule has 2 N–H and O–H groups in total. The van der Waals surface area contributed by atoms with Crippen LogP contribution in [0.4, 0.5) is 0 Å². The van der Waals surface area contributed by atoms with E-state index < -0.39 is 0 Å². The van der Waals surface area contributed by atoms with Gasteiger partial charge in [-0.2, -0.15) is 0 Å². The first kappa shape index (κ1) is 6.99. The van der Waals surface area contributed by atoms with Crippen molar-refractivity contribution in [1.29, 1.82) is 5.41 Å². The highest BCUT2D eigenvalue weighted by Crippen LogP contribution is 2.11. The fourth-order valence-corrected chi connectivity index (χ4v) is 0.867. The normalized spacial score (nSPS) is 19.4. The van der Waals surface area contributed by atoms with Gasteiger partial charge in [-0.1, -0.05) is 5.57 Å². The molecule has 1 aliphatic heterocycles. The molecule has 3 heteroatoms. The lowest BCUT2D eigenvalue weighted by Gasteiger charge is -2.15. The van der Waals surface area contributed by atoms with Crippen LogP contribution in [0.1, 0.15) is 20.3 Å². The zero-order valence-electron chi connectivity index (χ0n) is 6.12. The van der Waals surface area contributed by atoms with Crippen LogP contribution in [0.3, 0.4) is 0 Å². The lowest BCUT2D eigenvalue weighted by Crippen LogP contribution is -2.34.